The van der Waals surface area contributed by atoms with E-state index in [0.29, 0.717) is 12.8 Å². The van der Waals surface area contributed by atoms with Gasteiger partial charge >= 0.3 is 0 Å². The molecule has 1 atom stereocenters. The molecule has 1 nitrogen and oxygen atoms in total. The van der Waals surface area contributed by atoms with Crippen molar-refractivity contribution in [2.75, 3.05) is 0 Å². The third kappa shape index (κ3) is 4.01. The largest absolute Gasteiger partial charge is 0.392 e. The third-order valence-electron chi connectivity index (χ3n) is 2.82. The monoisotopic (exact) mass is 282 g/mol. The summed E-state index contributed by atoms with van der Waals surface area (Å²) in [5, 5.41) is 9.99. The second kappa shape index (κ2) is 6.13. The first-order chi connectivity index (χ1) is 9.04. The van der Waals surface area contributed by atoms with E-state index in [1.165, 1.54) is 24.3 Å². The minimum Gasteiger partial charge on any atom is -0.392 e. The van der Waals surface area contributed by atoms with Gasteiger partial charge in [0.1, 0.15) is 11.6 Å². The third-order valence-corrected chi connectivity index (χ3v) is 3.11. The molecule has 0 aliphatic carbocycles. The zero-order valence-corrected chi connectivity index (χ0v) is 10.9. The van der Waals surface area contributed by atoms with Crippen LogP contribution in [0.5, 0.6) is 0 Å². The van der Waals surface area contributed by atoms with E-state index in [2.05, 4.69) is 0 Å². The summed E-state index contributed by atoms with van der Waals surface area (Å²) in [6.07, 6.45) is 0.0202. The van der Waals surface area contributed by atoms with Gasteiger partial charge in [0.15, 0.2) is 0 Å². The van der Waals surface area contributed by atoms with Gasteiger partial charge in [-0.05, 0) is 48.2 Å². The van der Waals surface area contributed by atoms with Crippen molar-refractivity contribution in [1.82, 2.24) is 0 Å². The topological polar surface area (TPSA) is 20.2 Å². The summed E-state index contributed by atoms with van der Waals surface area (Å²) in [6, 6.07) is 10.4. The summed E-state index contributed by atoms with van der Waals surface area (Å²) >= 11 is 5.67. The number of aliphatic hydroxyl groups is 1. The fourth-order valence-electron chi connectivity index (χ4n) is 1.95. The number of aliphatic hydroxyl groups excluding tert-OH is 1. The van der Waals surface area contributed by atoms with Crippen molar-refractivity contribution < 1.29 is 13.9 Å². The highest BCUT2D eigenvalue weighted by Crippen LogP contribution is 2.18. The SMILES string of the molecule is OC(Cc1cccc(F)c1)Cc1ccc(F)c(Cl)c1. The fraction of sp³-hybridized carbons (Fsp3) is 0.200. The van der Waals surface area contributed by atoms with Gasteiger partial charge in [0.05, 0.1) is 11.1 Å². The number of rotatable bonds is 4. The van der Waals surface area contributed by atoms with Crippen molar-refractivity contribution in [3.8, 4) is 0 Å². The molecule has 100 valence electrons. The van der Waals surface area contributed by atoms with Crippen molar-refractivity contribution in [2.24, 2.45) is 0 Å². The molecule has 0 aliphatic rings. The van der Waals surface area contributed by atoms with Gasteiger partial charge in [-0.3, -0.25) is 0 Å². The molecule has 1 unspecified atom stereocenters. The average molecular weight is 283 g/mol. The molecule has 0 amide bonds. The van der Waals surface area contributed by atoms with Gasteiger partial charge < -0.3 is 5.11 Å². The lowest BCUT2D eigenvalue weighted by molar-refractivity contribution is 0.175. The van der Waals surface area contributed by atoms with Gasteiger partial charge in [-0.25, -0.2) is 8.78 Å². The Morgan fingerprint density at radius 2 is 1.68 bits per heavy atom. The van der Waals surface area contributed by atoms with Crippen molar-refractivity contribution in [2.45, 2.75) is 18.9 Å². The standard InChI is InChI=1S/C15H13ClF2O/c16-14-9-11(4-5-15(14)18)8-13(19)7-10-2-1-3-12(17)6-10/h1-6,9,13,19H,7-8H2. The van der Waals surface area contributed by atoms with Crippen LogP contribution in [0.1, 0.15) is 11.1 Å². The minimum atomic E-state index is -0.664. The minimum absolute atomic E-state index is 0.0375. The molecule has 0 heterocycles. The molecule has 0 fully saturated rings. The van der Waals surface area contributed by atoms with Crippen LogP contribution in [0, 0.1) is 11.6 Å². The second-order valence-corrected chi connectivity index (χ2v) is 4.85. The highest BCUT2D eigenvalue weighted by atomic mass is 35.5. The van der Waals surface area contributed by atoms with Crippen LogP contribution in [-0.4, -0.2) is 11.2 Å². The van der Waals surface area contributed by atoms with Crippen LogP contribution in [0.2, 0.25) is 5.02 Å². The highest BCUT2D eigenvalue weighted by Gasteiger charge is 2.09. The van der Waals surface area contributed by atoms with Crippen molar-refractivity contribution in [1.29, 1.82) is 0 Å². The van der Waals surface area contributed by atoms with Gasteiger partial charge in [0.25, 0.3) is 0 Å². The summed E-state index contributed by atoms with van der Waals surface area (Å²) in [5.41, 5.74) is 1.47. The van der Waals surface area contributed by atoms with Crippen molar-refractivity contribution in [3.63, 3.8) is 0 Å². The van der Waals surface area contributed by atoms with Gasteiger partial charge in [-0.2, -0.15) is 0 Å². The molecule has 4 heteroatoms. The Balaban J connectivity index is 2.01. The molecule has 2 rings (SSSR count). The van der Waals surface area contributed by atoms with E-state index in [1.54, 1.807) is 18.2 Å². The van der Waals surface area contributed by atoms with E-state index < -0.39 is 11.9 Å². The normalized spacial score (nSPS) is 12.4. The van der Waals surface area contributed by atoms with E-state index in [4.69, 9.17) is 11.6 Å². The van der Waals surface area contributed by atoms with E-state index >= 15 is 0 Å². The Kier molecular flexibility index (Phi) is 4.51. The van der Waals surface area contributed by atoms with Crippen LogP contribution < -0.4 is 0 Å². The lowest BCUT2D eigenvalue weighted by atomic mass is 10.0. The Hall–Kier alpha value is -1.45. The molecule has 0 spiro atoms. The Labute approximate surface area is 115 Å². The van der Waals surface area contributed by atoms with Crippen molar-refractivity contribution >= 4 is 11.6 Å². The van der Waals surface area contributed by atoms with E-state index in [9.17, 15) is 13.9 Å². The zero-order chi connectivity index (χ0) is 13.8. The van der Waals surface area contributed by atoms with Crippen molar-refractivity contribution in [3.05, 3.63) is 70.2 Å². The van der Waals surface area contributed by atoms with Crippen LogP contribution in [0.3, 0.4) is 0 Å². The van der Waals surface area contributed by atoms with Crippen LogP contribution in [-0.2, 0) is 12.8 Å². The Morgan fingerprint density at radius 1 is 1.00 bits per heavy atom. The number of hydrogen-bond acceptors (Lipinski definition) is 1. The molecule has 0 bridgehead atoms. The summed E-state index contributed by atoms with van der Waals surface area (Å²) < 4.78 is 26.0. The first kappa shape index (κ1) is 14.0. The van der Waals surface area contributed by atoms with Gasteiger partial charge in [-0.15, -0.1) is 0 Å². The lowest BCUT2D eigenvalue weighted by Crippen LogP contribution is -2.14. The zero-order valence-electron chi connectivity index (χ0n) is 10.1. The Bertz CT molecular complexity index is 572. The fourth-order valence-corrected chi connectivity index (χ4v) is 2.15. The molecule has 0 saturated heterocycles. The summed E-state index contributed by atoms with van der Waals surface area (Å²) in [4.78, 5) is 0. The number of halogens is 3. The van der Waals surface area contributed by atoms with Gasteiger partial charge in [0, 0.05) is 0 Å². The predicted molar refractivity (Wildman–Crippen MR) is 71.2 cm³/mol. The Morgan fingerprint density at radius 3 is 2.32 bits per heavy atom. The molecule has 2 aromatic carbocycles. The van der Waals surface area contributed by atoms with Gasteiger partial charge in [0.2, 0.25) is 0 Å². The summed E-state index contributed by atoms with van der Waals surface area (Å²) in [5.74, 6) is -0.806. The maximum absolute atomic E-state index is 13.0. The quantitative estimate of drug-likeness (QED) is 0.905. The van der Waals surface area contributed by atoms with E-state index in [1.807, 2.05) is 0 Å². The molecule has 2 aromatic rings. The summed E-state index contributed by atoms with van der Waals surface area (Å²) in [6.45, 7) is 0. The number of benzene rings is 2. The molecule has 0 aliphatic heterocycles. The smallest absolute Gasteiger partial charge is 0.141 e. The van der Waals surface area contributed by atoms with Crippen LogP contribution >= 0.6 is 11.6 Å². The maximum atomic E-state index is 13.0. The molecule has 19 heavy (non-hydrogen) atoms. The van der Waals surface area contributed by atoms with E-state index in [0.717, 1.165) is 11.1 Å². The first-order valence-electron chi connectivity index (χ1n) is 5.91. The summed E-state index contributed by atoms with van der Waals surface area (Å²) in [7, 11) is 0. The van der Waals surface area contributed by atoms with Gasteiger partial charge in [-0.1, -0.05) is 29.8 Å². The molecule has 0 saturated carbocycles. The lowest BCUT2D eigenvalue weighted by Gasteiger charge is -2.11. The molecule has 0 aromatic heterocycles. The molecular formula is C15H13ClF2O. The molecular weight excluding hydrogens is 270 g/mol. The van der Waals surface area contributed by atoms with Crippen LogP contribution in [0.4, 0.5) is 8.78 Å². The van der Waals surface area contributed by atoms with Crippen LogP contribution in [0.25, 0.3) is 0 Å². The average Bonchev–Trinajstić information content (AvgIpc) is 2.34. The second-order valence-electron chi connectivity index (χ2n) is 4.44. The maximum Gasteiger partial charge on any atom is 0.141 e. The molecule has 1 N–H and O–H groups in total. The highest BCUT2D eigenvalue weighted by molar-refractivity contribution is 6.30. The van der Waals surface area contributed by atoms with E-state index in [-0.39, 0.29) is 10.8 Å². The first-order valence-corrected chi connectivity index (χ1v) is 6.29. The van der Waals surface area contributed by atoms with Crippen LogP contribution in [0.15, 0.2) is 42.5 Å². The molecule has 0 radical (unpaired) electrons. The number of hydrogen-bond donors (Lipinski definition) is 1. The predicted octanol–water partition coefficient (Wildman–Crippen LogP) is 3.76.